The largest absolute Gasteiger partial charge is 0.394 e. The molecule has 0 amide bonds. The van der Waals surface area contributed by atoms with Gasteiger partial charge in [0.25, 0.3) is 0 Å². The van der Waals surface area contributed by atoms with Crippen LogP contribution in [-0.4, -0.2) is 9.97 Å². The summed E-state index contributed by atoms with van der Waals surface area (Å²) in [5.41, 5.74) is 8.13. The number of nitrogens with one attached hydrogen (secondary N) is 1. The summed E-state index contributed by atoms with van der Waals surface area (Å²) in [5.74, 6) is 5.48. The molecule has 5 N–H and O–H groups in total. The van der Waals surface area contributed by atoms with E-state index in [1.807, 2.05) is 0 Å². The van der Waals surface area contributed by atoms with E-state index in [1.54, 1.807) is 0 Å². The lowest BCUT2D eigenvalue weighted by Crippen LogP contribution is -2.10. The molecule has 6 heteroatoms. The lowest BCUT2D eigenvalue weighted by atomic mass is 10.5. The Morgan fingerprint density at radius 2 is 2.20 bits per heavy atom. The highest BCUT2D eigenvalue weighted by Crippen LogP contribution is 2.07. The molecule has 10 heavy (non-hydrogen) atoms. The maximum Gasteiger partial charge on any atom is 0.166 e. The molecular formula is C4H8ClN5. The first kappa shape index (κ1) is 8.93. The minimum absolute atomic E-state index is 0. The summed E-state index contributed by atoms with van der Waals surface area (Å²) in [4.78, 5) is 7.39. The second-order valence-corrected chi connectivity index (χ2v) is 1.47. The Kier molecular flexibility index (Phi) is 3.45. The van der Waals surface area contributed by atoms with Gasteiger partial charge in [-0.1, -0.05) is 0 Å². The topological polar surface area (TPSA) is 89.8 Å². The molecule has 0 unspecified atom stereocenters. The molecule has 0 aromatic carbocycles. The first-order valence-corrected chi connectivity index (χ1v) is 2.36. The Hall–Kier alpha value is -1.07. The number of halogens is 1. The number of nitrogens with zero attached hydrogens (tertiary/aromatic N) is 2. The molecule has 1 aromatic rings. The Morgan fingerprint density at radius 3 is 2.60 bits per heavy atom. The van der Waals surface area contributed by atoms with E-state index in [2.05, 4.69) is 15.4 Å². The molecule has 0 atom stereocenters. The van der Waals surface area contributed by atoms with Crippen molar-refractivity contribution < 1.29 is 0 Å². The maximum absolute atomic E-state index is 5.36. The molecule has 1 heterocycles. The van der Waals surface area contributed by atoms with Crippen LogP contribution >= 0.6 is 12.4 Å². The molecule has 0 spiro atoms. The van der Waals surface area contributed by atoms with Crippen molar-refractivity contribution in [1.82, 2.24) is 9.97 Å². The van der Waals surface area contributed by atoms with Gasteiger partial charge in [-0.25, -0.2) is 15.8 Å². The van der Waals surface area contributed by atoms with Crippen LogP contribution in [0.5, 0.6) is 0 Å². The number of rotatable bonds is 1. The zero-order valence-electron chi connectivity index (χ0n) is 5.11. The summed E-state index contributed by atoms with van der Waals surface area (Å²) in [6, 6.07) is 0. The third kappa shape index (κ3) is 1.71. The predicted molar refractivity (Wildman–Crippen MR) is 41.5 cm³/mol. The average molecular weight is 162 g/mol. The van der Waals surface area contributed by atoms with E-state index >= 15 is 0 Å². The van der Waals surface area contributed by atoms with Crippen molar-refractivity contribution in [3.05, 3.63) is 12.5 Å². The van der Waals surface area contributed by atoms with Gasteiger partial charge >= 0.3 is 0 Å². The Bertz CT molecular complexity index is 203. The molecule has 1 aromatic heterocycles. The highest BCUT2D eigenvalue weighted by Gasteiger charge is 1.92. The van der Waals surface area contributed by atoms with Gasteiger partial charge < -0.3 is 11.2 Å². The van der Waals surface area contributed by atoms with E-state index in [0.717, 1.165) is 0 Å². The molecule has 0 aliphatic heterocycles. The third-order valence-electron chi connectivity index (χ3n) is 0.877. The number of aromatic nitrogens is 2. The van der Waals surface area contributed by atoms with E-state index in [4.69, 9.17) is 11.6 Å². The fourth-order valence-electron chi connectivity index (χ4n) is 0.461. The highest BCUT2D eigenvalue weighted by atomic mass is 35.5. The number of anilines is 2. The summed E-state index contributed by atoms with van der Waals surface area (Å²) in [5, 5.41) is 0. The Labute approximate surface area is 64.2 Å². The lowest BCUT2D eigenvalue weighted by molar-refractivity contribution is 1.14. The monoisotopic (exact) mass is 161 g/mol. The van der Waals surface area contributed by atoms with Gasteiger partial charge in [-0.3, -0.25) is 0 Å². The van der Waals surface area contributed by atoms with Gasteiger partial charge in [0.2, 0.25) is 0 Å². The average Bonchev–Trinajstić information content (AvgIpc) is 1.89. The molecule has 0 saturated heterocycles. The van der Waals surface area contributed by atoms with Crippen molar-refractivity contribution >= 4 is 23.9 Å². The van der Waals surface area contributed by atoms with E-state index in [9.17, 15) is 0 Å². The summed E-state index contributed by atoms with van der Waals surface area (Å²) in [6.45, 7) is 0. The van der Waals surface area contributed by atoms with Crippen molar-refractivity contribution in [2.45, 2.75) is 0 Å². The Morgan fingerprint density at radius 1 is 1.50 bits per heavy atom. The van der Waals surface area contributed by atoms with Crippen LogP contribution in [-0.2, 0) is 0 Å². The van der Waals surface area contributed by atoms with Crippen molar-refractivity contribution in [2.75, 3.05) is 11.2 Å². The van der Waals surface area contributed by atoms with Crippen LogP contribution in [0.2, 0.25) is 0 Å². The second kappa shape index (κ2) is 3.86. The van der Waals surface area contributed by atoms with Crippen LogP contribution in [0, 0.1) is 0 Å². The molecular weight excluding hydrogens is 154 g/mol. The number of hydrogen-bond acceptors (Lipinski definition) is 5. The van der Waals surface area contributed by atoms with Gasteiger partial charge in [-0.15, -0.1) is 12.4 Å². The van der Waals surface area contributed by atoms with Crippen LogP contribution < -0.4 is 17.0 Å². The third-order valence-corrected chi connectivity index (χ3v) is 0.877. The van der Waals surface area contributed by atoms with Crippen molar-refractivity contribution in [1.29, 1.82) is 0 Å². The summed E-state index contributed by atoms with van der Waals surface area (Å²) < 4.78 is 0. The van der Waals surface area contributed by atoms with Crippen molar-refractivity contribution in [3.8, 4) is 0 Å². The maximum atomic E-state index is 5.36. The van der Waals surface area contributed by atoms with Crippen LogP contribution in [0.4, 0.5) is 11.5 Å². The van der Waals surface area contributed by atoms with Gasteiger partial charge in [0.1, 0.15) is 6.33 Å². The fraction of sp³-hybridized carbons (Fsp3) is 0. The van der Waals surface area contributed by atoms with Gasteiger partial charge in [0, 0.05) is 0 Å². The number of nitrogen functional groups attached to an aromatic ring is 2. The summed E-state index contributed by atoms with van der Waals surface area (Å²) >= 11 is 0. The van der Waals surface area contributed by atoms with Crippen LogP contribution in [0.25, 0.3) is 0 Å². The van der Waals surface area contributed by atoms with Crippen LogP contribution in [0.15, 0.2) is 12.5 Å². The van der Waals surface area contributed by atoms with E-state index in [1.165, 1.54) is 12.5 Å². The van der Waals surface area contributed by atoms with Crippen molar-refractivity contribution in [2.24, 2.45) is 5.84 Å². The predicted octanol–water partition coefficient (Wildman–Crippen LogP) is -0.234. The highest BCUT2D eigenvalue weighted by molar-refractivity contribution is 5.85. The smallest absolute Gasteiger partial charge is 0.166 e. The zero-order valence-corrected chi connectivity index (χ0v) is 5.93. The van der Waals surface area contributed by atoms with Crippen LogP contribution in [0.3, 0.4) is 0 Å². The molecule has 56 valence electrons. The molecule has 0 bridgehead atoms. The Balaban J connectivity index is 0.000000810. The SMILES string of the molecule is Cl.NNc1ncncc1N. The molecule has 0 radical (unpaired) electrons. The fourth-order valence-corrected chi connectivity index (χ4v) is 0.461. The minimum atomic E-state index is 0. The molecule has 1 rings (SSSR count). The van der Waals surface area contributed by atoms with Gasteiger partial charge in [0.05, 0.1) is 11.9 Å². The van der Waals surface area contributed by atoms with E-state index < -0.39 is 0 Å². The first-order chi connectivity index (χ1) is 4.34. The normalized spacial score (nSPS) is 8.10. The van der Waals surface area contributed by atoms with Crippen molar-refractivity contribution in [3.63, 3.8) is 0 Å². The van der Waals surface area contributed by atoms with E-state index in [0.29, 0.717) is 11.5 Å². The molecule has 0 aliphatic carbocycles. The first-order valence-electron chi connectivity index (χ1n) is 2.36. The standard InChI is InChI=1S/C4H7N5.ClH/c5-3-1-7-2-8-4(3)9-6;/h1-2H,5-6H2,(H,7,8,9);1H. The quantitative estimate of drug-likeness (QED) is 0.391. The molecule has 0 fully saturated rings. The van der Waals surface area contributed by atoms with Gasteiger partial charge in [0.15, 0.2) is 5.82 Å². The van der Waals surface area contributed by atoms with E-state index in [-0.39, 0.29) is 12.4 Å². The van der Waals surface area contributed by atoms with Gasteiger partial charge in [-0.05, 0) is 0 Å². The number of nitrogens with two attached hydrogens (primary N) is 2. The zero-order chi connectivity index (χ0) is 6.69. The number of hydrazine groups is 1. The summed E-state index contributed by atoms with van der Waals surface area (Å²) in [7, 11) is 0. The van der Waals surface area contributed by atoms with Gasteiger partial charge in [-0.2, -0.15) is 0 Å². The number of hydrogen-bond donors (Lipinski definition) is 3. The molecule has 0 saturated carbocycles. The molecule has 0 aliphatic rings. The minimum Gasteiger partial charge on any atom is -0.394 e. The molecule has 5 nitrogen and oxygen atoms in total. The summed E-state index contributed by atoms with van der Waals surface area (Å²) in [6.07, 6.45) is 2.84. The van der Waals surface area contributed by atoms with Crippen LogP contribution in [0.1, 0.15) is 0 Å². The lowest BCUT2D eigenvalue weighted by Gasteiger charge is -1.98. The second-order valence-electron chi connectivity index (χ2n) is 1.47.